The molecule has 6 nitrogen and oxygen atoms in total. The van der Waals surface area contributed by atoms with Gasteiger partial charge >= 0.3 is 0 Å². The van der Waals surface area contributed by atoms with Crippen LogP contribution in [0.2, 0.25) is 0 Å². The van der Waals surface area contributed by atoms with E-state index in [1.54, 1.807) is 31.8 Å². The predicted molar refractivity (Wildman–Crippen MR) is 115 cm³/mol. The molecule has 2 aliphatic carbocycles. The Kier molecular flexibility index (Phi) is 4.91. The van der Waals surface area contributed by atoms with Crippen LogP contribution in [0.15, 0.2) is 47.3 Å². The fourth-order valence-electron chi connectivity index (χ4n) is 5.10. The number of hydrogen-bond donors (Lipinski definition) is 2. The van der Waals surface area contributed by atoms with E-state index in [-0.39, 0.29) is 18.0 Å². The molecule has 2 heterocycles. The Labute approximate surface area is 177 Å². The van der Waals surface area contributed by atoms with E-state index in [1.165, 1.54) is 18.4 Å². The number of rotatable bonds is 6. The Bertz CT molecular complexity index is 951. The zero-order valence-electron chi connectivity index (χ0n) is 17.3. The second kappa shape index (κ2) is 7.60. The largest absolute Gasteiger partial charge is 0.497 e. The first-order valence-electron chi connectivity index (χ1n) is 10.8. The summed E-state index contributed by atoms with van der Waals surface area (Å²) in [6.45, 7) is 2.06. The average Bonchev–Trinajstić information content (AvgIpc) is 3.41. The van der Waals surface area contributed by atoms with Crippen LogP contribution in [0, 0.1) is 5.92 Å². The van der Waals surface area contributed by atoms with Gasteiger partial charge in [-0.3, -0.25) is 9.69 Å². The van der Waals surface area contributed by atoms with Crippen molar-refractivity contribution >= 4 is 12.0 Å². The van der Waals surface area contributed by atoms with Crippen molar-refractivity contribution in [2.45, 2.75) is 43.3 Å². The number of carbonyl (C=O) groups is 1. The summed E-state index contributed by atoms with van der Waals surface area (Å²) >= 11 is 0. The standard InChI is InChI=1S/C24H29N3O3/c1-29-19-6-5-18-12-21-23(26-22(28)7-4-17-8-11-30-15-17)24(25,20(18)13-19)9-10-27(21)14-16-2-3-16/h4-8,11,13,15-16,21,23H,2-3,9-10,12,14,25H2,1H3,(H,26,28). The van der Waals surface area contributed by atoms with Crippen LogP contribution < -0.4 is 15.8 Å². The minimum Gasteiger partial charge on any atom is -0.497 e. The maximum Gasteiger partial charge on any atom is 0.244 e. The topological polar surface area (TPSA) is 80.7 Å². The van der Waals surface area contributed by atoms with E-state index < -0.39 is 5.54 Å². The summed E-state index contributed by atoms with van der Waals surface area (Å²) in [6, 6.07) is 8.09. The van der Waals surface area contributed by atoms with Crippen LogP contribution in [0.3, 0.4) is 0 Å². The molecule has 30 heavy (non-hydrogen) atoms. The molecule has 0 radical (unpaired) electrons. The second-order valence-corrected chi connectivity index (χ2v) is 8.90. The third-order valence-electron chi connectivity index (χ3n) is 6.93. The summed E-state index contributed by atoms with van der Waals surface area (Å²) < 4.78 is 10.5. The van der Waals surface area contributed by atoms with Crippen molar-refractivity contribution in [3.05, 3.63) is 59.6 Å². The molecular weight excluding hydrogens is 378 g/mol. The van der Waals surface area contributed by atoms with Gasteiger partial charge in [0.2, 0.25) is 5.91 Å². The van der Waals surface area contributed by atoms with Crippen LogP contribution in [0.1, 0.15) is 36.0 Å². The van der Waals surface area contributed by atoms with Gasteiger partial charge in [-0.1, -0.05) is 6.07 Å². The van der Waals surface area contributed by atoms with Crippen LogP contribution in [0.5, 0.6) is 5.75 Å². The summed E-state index contributed by atoms with van der Waals surface area (Å²) in [7, 11) is 1.68. The molecule has 2 fully saturated rings. The molecule has 1 amide bonds. The molecule has 2 bridgehead atoms. The van der Waals surface area contributed by atoms with Gasteiger partial charge in [0.05, 0.1) is 31.2 Å². The summed E-state index contributed by atoms with van der Waals surface area (Å²) in [5.41, 5.74) is 9.72. The van der Waals surface area contributed by atoms with Gasteiger partial charge in [0, 0.05) is 30.8 Å². The molecule has 0 spiro atoms. The monoisotopic (exact) mass is 407 g/mol. The minimum absolute atomic E-state index is 0.124. The van der Waals surface area contributed by atoms with Crippen molar-refractivity contribution in [2.75, 3.05) is 20.2 Å². The van der Waals surface area contributed by atoms with Crippen LogP contribution in [-0.4, -0.2) is 43.1 Å². The Hall–Kier alpha value is -2.57. The lowest BCUT2D eigenvalue weighted by Crippen LogP contribution is -2.71. The fourth-order valence-corrected chi connectivity index (χ4v) is 5.10. The van der Waals surface area contributed by atoms with E-state index in [2.05, 4.69) is 22.3 Å². The second-order valence-electron chi connectivity index (χ2n) is 8.90. The molecule has 1 saturated carbocycles. The van der Waals surface area contributed by atoms with Crippen LogP contribution >= 0.6 is 0 Å². The van der Waals surface area contributed by atoms with Gasteiger partial charge in [-0.05, 0) is 67.0 Å². The summed E-state index contributed by atoms with van der Waals surface area (Å²) in [5, 5.41) is 3.26. The molecule has 1 aliphatic heterocycles. The summed E-state index contributed by atoms with van der Waals surface area (Å²) in [6.07, 6.45) is 10.9. The number of methoxy groups -OCH3 is 1. The quantitative estimate of drug-likeness (QED) is 0.720. The Morgan fingerprint density at radius 3 is 3.00 bits per heavy atom. The van der Waals surface area contributed by atoms with Crippen molar-refractivity contribution in [3.63, 3.8) is 0 Å². The zero-order valence-corrected chi connectivity index (χ0v) is 17.3. The average molecular weight is 408 g/mol. The number of likely N-dealkylation sites (tertiary alicyclic amines) is 1. The molecule has 3 N–H and O–H groups in total. The lowest BCUT2D eigenvalue weighted by Gasteiger charge is -2.55. The Balaban J connectivity index is 1.45. The first-order chi connectivity index (χ1) is 14.6. The van der Waals surface area contributed by atoms with E-state index in [0.29, 0.717) is 0 Å². The van der Waals surface area contributed by atoms with Crippen molar-refractivity contribution in [2.24, 2.45) is 11.7 Å². The highest BCUT2D eigenvalue weighted by Crippen LogP contribution is 2.44. The number of carbonyl (C=O) groups excluding carboxylic acids is 1. The number of amides is 1. The first-order valence-corrected chi connectivity index (χ1v) is 10.8. The molecule has 1 saturated heterocycles. The molecular formula is C24H29N3O3. The number of piperidine rings is 1. The van der Waals surface area contributed by atoms with E-state index in [9.17, 15) is 4.79 Å². The minimum atomic E-state index is -0.605. The van der Waals surface area contributed by atoms with E-state index in [4.69, 9.17) is 14.9 Å². The van der Waals surface area contributed by atoms with Gasteiger partial charge in [-0.25, -0.2) is 0 Å². The molecule has 1 aromatic carbocycles. The molecule has 158 valence electrons. The molecule has 2 aromatic rings. The molecule has 3 aliphatic rings. The van der Waals surface area contributed by atoms with Crippen LogP contribution in [0.4, 0.5) is 0 Å². The lowest BCUT2D eigenvalue weighted by atomic mass is 9.66. The highest BCUT2D eigenvalue weighted by molar-refractivity contribution is 5.92. The number of nitrogens with zero attached hydrogens (tertiary/aromatic N) is 1. The maximum atomic E-state index is 12.8. The van der Waals surface area contributed by atoms with Gasteiger partial charge in [-0.15, -0.1) is 0 Å². The molecule has 6 heteroatoms. The normalized spacial score (nSPS) is 28.3. The summed E-state index contributed by atoms with van der Waals surface area (Å²) in [4.78, 5) is 15.4. The van der Waals surface area contributed by atoms with Crippen molar-refractivity contribution < 1.29 is 13.9 Å². The van der Waals surface area contributed by atoms with Crippen molar-refractivity contribution in [1.82, 2.24) is 10.2 Å². The molecule has 5 rings (SSSR count). The smallest absolute Gasteiger partial charge is 0.244 e. The van der Waals surface area contributed by atoms with Gasteiger partial charge in [-0.2, -0.15) is 0 Å². The predicted octanol–water partition coefficient (Wildman–Crippen LogP) is 2.68. The summed E-state index contributed by atoms with van der Waals surface area (Å²) in [5.74, 6) is 1.48. The Morgan fingerprint density at radius 1 is 1.40 bits per heavy atom. The van der Waals surface area contributed by atoms with Crippen molar-refractivity contribution in [1.29, 1.82) is 0 Å². The SMILES string of the molecule is COc1ccc2c(c1)C1(N)CCN(CC3CC3)C(C2)C1NC(=O)C=Cc1ccoc1. The number of furan rings is 1. The van der Waals surface area contributed by atoms with Crippen molar-refractivity contribution in [3.8, 4) is 5.75 Å². The lowest BCUT2D eigenvalue weighted by molar-refractivity contribution is -0.119. The number of fused-ring (bicyclic) bond motifs is 4. The van der Waals surface area contributed by atoms with E-state index >= 15 is 0 Å². The Morgan fingerprint density at radius 2 is 2.27 bits per heavy atom. The van der Waals surface area contributed by atoms with E-state index in [1.807, 2.05) is 12.1 Å². The van der Waals surface area contributed by atoms with Gasteiger partial charge < -0.3 is 20.2 Å². The first kappa shape index (κ1) is 19.4. The molecule has 3 atom stereocenters. The number of benzene rings is 1. The van der Waals surface area contributed by atoms with Gasteiger partial charge in [0.15, 0.2) is 0 Å². The molecule has 3 unspecified atom stereocenters. The van der Waals surface area contributed by atoms with Crippen LogP contribution in [0.25, 0.3) is 6.08 Å². The number of hydrogen-bond acceptors (Lipinski definition) is 5. The van der Waals surface area contributed by atoms with Crippen LogP contribution in [-0.2, 0) is 16.8 Å². The van der Waals surface area contributed by atoms with E-state index in [0.717, 1.165) is 48.7 Å². The zero-order chi connectivity index (χ0) is 20.7. The number of nitrogens with two attached hydrogens (primary N) is 1. The maximum absolute atomic E-state index is 12.8. The van der Waals surface area contributed by atoms with Gasteiger partial charge in [0.1, 0.15) is 5.75 Å². The highest BCUT2D eigenvalue weighted by Gasteiger charge is 2.52. The third kappa shape index (κ3) is 3.55. The third-order valence-corrected chi connectivity index (χ3v) is 6.93. The fraction of sp³-hybridized carbons (Fsp3) is 0.458. The molecule has 1 aromatic heterocycles. The number of ether oxygens (including phenoxy) is 1. The van der Waals surface area contributed by atoms with Gasteiger partial charge in [0.25, 0.3) is 0 Å². The number of nitrogens with one attached hydrogen (secondary N) is 1. The highest BCUT2D eigenvalue weighted by atomic mass is 16.5.